The number of methoxy groups -OCH3 is 2. The standard InChI is InChI=1S/C25H29N3O10S/c1-36-17(11-14-7-4-3-5-8-14)22(34)38-12-15-13-39-24-25(37-2,23(35)28(24)19(15)21(32)33)27-18(29)10-6-9-16(26)20(30)31/h3-5,7-8,11,16,24H,6,9-10,12-13,26H2,1-2H3,(H,27,29)(H,30,31)(H,32,33)/b17-11-/t16-,24-,25+/m1/s1. The van der Waals surface area contributed by atoms with Crippen LogP contribution >= 0.6 is 11.8 Å². The van der Waals surface area contributed by atoms with Crippen molar-refractivity contribution in [3.8, 4) is 0 Å². The van der Waals surface area contributed by atoms with Crippen molar-refractivity contribution in [2.45, 2.75) is 36.4 Å². The molecule has 1 saturated heterocycles. The molecule has 0 bridgehead atoms. The Morgan fingerprint density at radius 1 is 1.23 bits per heavy atom. The van der Waals surface area contributed by atoms with Gasteiger partial charge in [0.25, 0.3) is 11.6 Å². The van der Waals surface area contributed by atoms with Crippen molar-refractivity contribution >= 4 is 47.6 Å². The first-order chi connectivity index (χ1) is 18.5. The zero-order valence-corrected chi connectivity index (χ0v) is 22.1. The van der Waals surface area contributed by atoms with Crippen molar-refractivity contribution < 1.29 is 48.4 Å². The molecule has 2 amide bonds. The molecule has 0 aromatic heterocycles. The number of nitrogens with one attached hydrogen (secondary N) is 1. The van der Waals surface area contributed by atoms with Crippen LogP contribution in [0.4, 0.5) is 0 Å². The van der Waals surface area contributed by atoms with Crippen LogP contribution in [0.2, 0.25) is 0 Å². The van der Waals surface area contributed by atoms with Crippen LogP contribution in [-0.4, -0.2) is 88.6 Å². The number of rotatable bonds is 13. The second-order valence-electron chi connectivity index (χ2n) is 8.62. The second kappa shape index (κ2) is 12.8. The minimum absolute atomic E-state index is 0.0558. The first-order valence-electron chi connectivity index (χ1n) is 11.8. The Morgan fingerprint density at radius 2 is 1.92 bits per heavy atom. The Kier molecular flexibility index (Phi) is 9.72. The molecule has 0 saturated carbocycles. The number of carbonyl (C=O) groups excluding carboxylic acids is 3. The van der Waals surface area contributed by atoms with Gasteiger partial charge in [0.15, 0.2) is 0 Å². The van der Waals surface area contributed by atoms with Crippen LogP contribution in [0.15, 0.2) is 47.4 Å². The summed E-state index contributed by atoms with van der Waals surface area (Å²) in [6.45, 7) is -0.407. The van der Waals surface area contributed by atoms with E-state index in [-0.39, 0.29) is 42.0 Å². The summed E-state index contributed by atoms with van der Waals surface area (Å²) >= 11 is 1.13. The highest BCUT2D eigenvalue weighted by atomic mass is 32.2. The lowest BCUT2D eigenvalue weighted by atomic mass is 9.97. The quantitative estimate of drug-likeness (QED) is 0.0855. The number of amides is 2. The van der Waals surface area contributed by atoms with Crippen LogP contribution in [0.25, 0.3) is 6.08 Å². The molecule has 1 aromatic carbocycles. The average molecular weight is 564 g/mol. The number of esters is 1. The van der Waals surface area contributed by atoms with Gasteiger partial charge in [0.1, 0.15) is 23.7 Å². The maximum Gasteiger partial charge on any atom is 0.373 e. The van der Waals surface area contributed by atoms with Gasteiger partial charge in [-0.25, -0.2) is 9.59 Å². The van der Waals surface area contributed by atoms with Gasteiger partial charge in [0.2, 0.25) is 11.7 Å². The predicted molar refractivity (Wildman–Crippen MR) is 137 cm³/mol. The highest BCUT2D eigenvalue weighted by molar-refractivity contribution is 8.00. The van der Waals surface area contributed by atoms with E-state index < -0.39 is 53.5 Å². The van der Waals surface area contributed by atoms with E-state index >= 15 is 0 Å². The number of nitrogens with two attached hydrogens (primary N) is 1. The molecule has 1 fully saturated rings. The van der Waals surface area contributed by atoms with Crippen molar-refractivity contribution in [2.75, 3.05) is 26.6 Å². The third kappa shape index (κ3) is 6.41. The average Bonchev–Trinajstić information content (AvgIpc) is 2.92. The van der Waals surface area contributed by atoms with E-state index in [0.717, 1.165) is 16.7 Å². The zero-order chi connectivity index (χ0) is 28.7. The molecule has 3 atom stereocenters. The number of carbonyl (C=O) groups is 5. The number of nitrogens with zero attached hydrogens (tertiary/aromatic N) is 1. The molecule has 0 spiro atoms. The molecule has 1 aromatic rings. The van der Waals surface area contributed by atoms with Gasteiger partial charge >= 0.3 is 17.9 Å². The Morgan fingerprint density at radius 3 is 2.51 bits per heavy atom. The molecular formula is C25H29N3O10S. The number of hydrogen-bond acceptors (Lipinski definition) is 10. The van der Waals surface area contributed by atoms with Gasteiger partial charge in [-0.15, -0.1) is 11.8 Å². The van der Waals surface area contributed by atoms with Crippen LogP contribution in [-0.2, 0) is 38.2 Å². The van der Waals surface area contributed by atoms with E-state index in [0.29, 0.717) is 5.56 Å². The number of carboxylic acid groups (broad SMARTS) is 2. The van der Waals surface area contributed by atoms with E-state index in [2.05, 4.69) is 5.32 Å². The summed E-state index contributed by atoms with van der Waals surface area (Å²) in [6, 6.07) is 7.78. The van der Waals surface area contributed by atoms with Gasteiger partial charge in [-0.1, -0.05) is 30.3 Å². The Hall–Kier alpha value is -3.88. The Labute approximate surface area is 227 Å². The number of β-lactam (4-membered cyclic amide) rings is 1. The van der Waals surface area contributed by atoms with E-state index in [1.807, 2.05) is 6.07 Å². The minimum Gasteiger partial charge on any atom is -0.490 e. The van der Waals surface area contributed by atoms with Crippen LogP contribution in [0, 0.1) is 0 Å². The highest BCUT2D eigenvalue weighted by Crippen LogP contribution is 2.46. The summed E-state index contributed by atoms with van der Waals surface area (Å²) in [5.41, 5.74) is 4.15. The summed E-state index contributed by atoms with van der Waals surface area (Å²) in [4.78, 5) is 62.2. The second-order valence-corrected chi connectivity index (χ2v) is 9.69. The zero-order valence-electron chi connectivity index (χ0n) is 21.2. The third-order valence-electron chi connectivity index (χ3n) is 6.09. The van der Waals surface area contributed by atoms with Gasteiger partial charge in [-0.05, 0) is 24.5 Å². The normalized spacial score (nSPS) is 21.4. The van der Waals surface area contributed by atoms with E-state index in [1.165, 1.54) is 20.3 Å². The number of hydrogen-bond donors (Lipinski definition) is 4. The van der Waals surface area contributed by atoms with Gasteiger partial charge in [0.05, 0.1) is 7.11 Å². The topological polar surface area (TPSA) is 195 Å². The summed E-state index contributed by atoms with van der Waals surface area (Å²) in [6.07, 6.45) is 1.58. The molecule has 210 valence electrons. The molecular weight excluding hydrogens is 534 g/mol. The Bertz CT molecular complexity index is 1200. The predicted octanol–water partition coefficient (Wildman–Crippen LogP) is 0.512. The van der Waals surface area contributed by atoms with Crippen molar-refractivity contribution in [3.05, 3.63) is 52.9 Å². The number of thioether (sulfide) groups is 1. The molecule has 0 radical (unpaired) electrons. The maximum absolute atomic E-state index is 13.2. The highest BCUT2D eigenvalue weighted by Gasteiger charge is 2.66. The molecule has 0 aliphatic carbocycles. The van der Waals surface area contributed by atoms with Gasteiger partial charge in [0, 0.05) is 24.9 Å². The smallest absolute Gasteiger partial charge is 0.373 e. The van der Waals surface area contributed by atoms with Gasteiger partial charge in [-0.3, -0.25) is 19.3 Å². The number of benzene rings is 1. The number of ether oxygens (including phenoxy) is 3. The largest absolute Gasteiger partial charge is 0.490 e. The maximum atomic E-state index is 13.2. The minimum atomic E-state index is -1.80. The molecule has 0 unspecified atom stereocenters. The van der Waals surface area contributed by atoms with Crippen molar-refractivity contribution in [3.63, 3.8) is 0 Å². The van der Waals surface area contributed by atoms with Gasteiger partial charge in [-0.2, -0.15) is 0 Å². The van der Waals surface area contributed by atoms with E-state index in [4.69, 9.17) is 25.1 Å². The lowest BCUT2D eigenvalue weighted by molar-refractivity contribution is -0.192. The van der Waals surface area contributed by atoms with Crippen LogP contribution < -0.4 is 11.1 Å². The molecule has 2 aliphatic rings. The van der Waals surface area contributed by atoms with Crippen molar-refractivity contribution in [2.24, 2.45) is 5.73 Å². The summed E-state index contributed by atoms with van der Waals surface area (Å²) in [5, 5.41) is 20.4. The SMILES string of the molecule is CO/C(=C\c1ccccc1)C(=O)OCC1=C(C(=O)O)N2C(=O)[C@](NC(=O)CCC[C@@H](N)C(=O)O)(OC)[C@H]2SC1. The first-order valence-corrected chi connectivity index (χ1v) is 12.8. The fourth-order valence-corrected chi connectivity index (χ4v) is 5.48. The van der Waals surface area contributed by atoms with Crippen LogP contribution in [0.5, 0.6) is 0 Å². The molecule has 13 nitrogen and oxygen atoms in total. The van der Waals surface area contributed by atoms with Crippen LogP contribution in [0.1, 0.15) is 24.8 Å². The molecule has 5 N–H and O–H groups in total. The number of fused-ring (bicyclic) bond motifs is 1. The lowest BCUT2D eigenvalue weighted by Crippen LogP contribution is -2.80. The fourth-order valence-electron chi connectivity index (χ4n) is 4.06. The fraction of sp³-hybridized carbons (Fsp3) is 0.400. The van der Waals surface area contributed by atoms with Crippen molar-refractivity contribution in [1.29, 1.82) is 0 Å². The number of carboxylic acids is 2. The van der Waals surface area contributed by atoms with Crippen LogP contribution in [0.3, 0.4) is 0 Å². The molecule has 2 heterocycles. The third-order valence-corrected chi connectivity index (χ3v) is 7.47. The molecule has 2 aliphatic heterocycles. The van der Waals surface area contributed by atoms with E-state index in [9.17, 15) is 29.1 Å². The van der Waals surface area contributed by atoms with Gasteiger partial charge < -0.3 is 35.5 Å². The lowest BCUT2D eigenvalue weighted by Gasteiger charge is -2.55. The summed E-state index contributed by atoms with van der Waals surface area (Å²) < 4.78 is 15.8. The number of aliphatic carboxylic acids is 2. The monoisotopic (exact) mass is 563 g/mol. The molecule has 39 heavy (non-hydrogen) atoms. The van der Waals surface area contributed by atoms with E-state index in [1.54, 1.807) is 24.3 Å². The molecule has 3 rings (SSSR count). The Balaban J connectivity index is 1.70. The first kappa shape index (κ1) is 29.7. The molecule has 14 heteroatoms. The van der Waals surface area contributed by atoms with Crippen molar-refractivity contribution in [1.82, 2.24) is 10.2 Å². The summed E-state index contributed by atoms with van der Waals surface area (Å²) in [5.74, 6) is -4.83. The summed E-state index contributed by atoms with van der Waals surface area (Å²) in [7, 11) is 2.51.